The van der Waals surface area contributed by atoms with Gasteiger partial charge in [-0.25, -0.2) is 5.84 Å². The van der Waals surface area contributed by atoms with Gasteiger partial charge in [0.1, 0.15) is 0 Å². The Morgan fingerprint density at radius 1 is 1.33 bits per heavy atom. The Hall–Kier alpha value is -2.49. The molecule has 0 aliphatic heterocycles. The molecule has 18 heavy (non-hydrogen) atoms. The summed E-state index contributed by atoms with van der Waals surface area (Å²) in [7, 11) is 1.47. The van der Waals surface area contributed by atoms with Crippen molar-refractivity contribution in [1.29, 1.82) is 0 Å². The molecule has 4 N–H and O–H groups in total. The molecule has 2 aromatic rings. The Bertz CT molecular complexity index is 463. The molecule has 0 amide bonds. The highest BCUT2D eigenvalue weighted by molar-refractivity contribution is 5.34. The number of hydrogen-bond acceptors (Lipinski definition) is 9. The molecule has 10 heteroatoms. The molecule has 0 fully saturated rings. The molecule has 0 radical (unpaired) electrons. The van der Waals surface area contributed by atoms with E-state index in [2.05, 4.69) is 36.0 Å². The zero-order chi connectivity index (χ0) is 12.8. The fraction of sp³-hybridized carbons (Fsp3) is 0.375. The maximum atomic E-state index is 5.24. The molecule has 0 saturated carbocycles. The fourth-order valence-corrected chi connectivity index (χ4v) is 1.23. The molecular weight excluding hydrogens is 238 g/mol. The van der Waals surface area contributed by atoms with E-state index in [1.807, 2.05) is 0 Å². The minimum absolute atomic E-state index is 0.182. The van der Waals surface area contributed by atoms with Crippen molar-refractivity contribution in [1.82, 2.24) is 29.9 Å². The topological polar surface area (TPSA) is 129 Å². The number of nitrogens with two attached hydrogens (primary N) is 1. The van der Waals surface area contributed by atoms with Crippen molar-refractivity contribution in [2.24, 2.45) is 5.84 Å². The van der Waals surface area contributed by atoms with Gasteiger partial charge in [-0.15, -0.1) is 5.10 Å². The number of nitrogen functional groups attached to an aromatic ring is 1. The monoisotopic (exact) mass is 251 g/mol. The molecule has 0 spiro atoms. The van der Waals surface area contributed by atoms with Crippen LogP contribution in [0.4, 0.5) is 11.9 Å². The summed E-state index contributed by atoms with van der Waals surface area (Å²) in [5.41, 5.74) is 2.34. The van der Waals surface area contributed by atoms with Crippen LogP contribution < -0.4 is 21.3 Å². The normalized spacial score (nSPS) is 10.1. The molecule has 2 heterocycles. The van der Waals surface area contributed by atoms with Crippen molar-refractivity contribution in [3.63, 3.8) is 0 Å². The van der Waals surface area contributed by atoms with E-state index in [4.69, 9.17) is 10.6 Å². The molecule has 0 saturated heterocycles. The van der Waals surface area contributed by atoms with Gasteiger partial charge in [-0.1, -0.05) is 5.21 Å². The van der Waals surface area contributed by atoms with Crippen LogP contribution >= 0.6 is 0 Å². The molecular formula is C8H13N9O. The van der Waals surface area contributed by atoms with Gasteiger partial charge in [-0.2, -0.15) is 15.0 Å². The lowest BCUT2D eigenvalue weighted by molar-refractivity contribution is 0.379. The summed E-state index contributed by atoms with van der Waals surface area (Å²) in [5.74, 6) is 5.84. The minimum atomic E-state index is 0.182. The van der Waals surface area contributed by atoms with Crippen LogP contribution in [-0.2, 0) is 6.54 Å². The molecule has 0 atom stereocenters. The van der Waals surface area contributed by atoms with E-state index in [1.165, 1.54) is 7.11 Å². The lowest BCUT2D eigenvalue weighted by Crippen LogP contribution is -2.16. The Labute approximate surface area is 103 Å². The van der Waals surface area contributed by atoms with Gasteiger partial charge < -0.3 is 10.1 Å². The molecule has 0 bridgehead atoms. The first-order valence-electron chi connectivity index (χ1n) is 5.16. The number of hydrogen-bond donors (Lipinski definition) is 3. The van der Waals surface area contributed by atoms with Crippen molar-refractivity contribution in [2.75, 3.05) is 24.4 Å². The molecule has 0 unspecified atom stereocenters. The molecule has 0 aliphatic rings. The van der Waals surface area contributed by atoms with Crippen LogP contribution in [0.15, 0.2) is 12.4 Å². The average Bonchev–Trinajstić information content (AvgIpc) is 2.91. The van der Waals surface area contributed by atoms with Crippen LogP contribution in [0.1, 0.15) is 0 Å². The highest BCUT2D eigenvalue weighted by atomic mass is 16.5. The smallest absolute Gasteiger partial charge is 0.322 e. The highest BCUT2D eigenvalue weighted by Gasteiger charge is 2.05. The van der Waals surface area contributed by atoms with Gasteiger partial charge in [0.05, 0.1) is 19.9 Å². The predicted octanol–water partition coefficient (Wildman–Crippen LogP) is -1.13. The molecule has 96 valence electrons. The quantitative estimate of drug-likeness (QED) is 0.431. The molecule has 10 nitrogen and oxygen atoms in total. The summed E-state index contributed by atoms with van der Waals surface area (Å²) in [5, 5.41) is 10.5. The summed E-state index contributed by atoms with van der Waals surface area (Å²) in [6.45, 7) is 1.22. The number of rotatable bonds is 6. The van der Waals surface area contributed by atoms with Crippen molar-refractivity contribution in [2.45, 2.75) is 6.54 Å². The number of nitrogens with zero attached hydrogens (tertiary/aromatic N) is 6. The zero-order valence-electron chi connectivity index (χ0n) is 9.74. The van der Waals surface area contributed by atoms with E-state index in [-0.39, 0.29) is 12.0 Å². The van der Waals surface area contributed by atoms with Crippen LogP contribution in [0.2, 0.25) is 0 Å². The average molecular weight is 251 g/mol. The number of anilines is 2. The van der Waals surface area contributed by atoms with Crippen molar-refractivity contribution < 1.29 is 4.74 Å². The standard InChI is InChI=1S/C8H13N9O/c1-18-8-13-6(12-7(14-8)15-9)10-2-4-17-5-3-11-16-17/h3,5H,2,4,9H2,1H3,(H2,10,12,13,14,15). The maximum Gasteiger partial charge on any atom is 0.322 e. The number of hydrazine groups is 1. The van der Waals surface area contributed by atoms with E-state index < -0.39 is 0 Å². The van der Waals surface area contributed by atoms with E-state index in [9.17, 15) is 0 Å². The Kier molecular flexibility index (Phi) is 3.81. The van der Waals surface area contributed by atoms with Crippen LogP contribution in [0, 0.1) is 0 Å². The number of nitrogens with one attached hydrogen (secondary N) is 2. The van der Waals surface area contributed by atoms with Crippen molar-refractivity contribution >= 4 is 11.9 Å². The van der Waals surface area contributed by atoms with Crippen LogP contribution in [0.3, 0.4) is 0 Å². The third-order valence-electron chi connectivity index (χ3n) is 2.02. The summed E-state index contributed by atoms with van der Waals surface area (Å²) >= 11 is 0. The largest absolute Gasteiger partial charge is 0.467 e. The van der Waals surface area contributed by atoms with E-state index in [0.717, 1.165) is 0 Å². The second-order valence-electron chi connectivity index (χ2n) is 3.21. The SMILES string of the molecule is COc1nc(NN)nc(NCCn2ccnn2)n1. The summed E-state index contributed by atoms with van der Waals surface area (Å²) in [4.78, 5) is 11.9. The minimum Gasteiger partial charge on any atom is -0.467 e. The first-order valence-corrected chi connectivity index (χ1v) is 5.16. The Morgan fingerprint density at radius 2 is 2.17 bits per heavy atom. The van der Waals surface area contributed by atoms with Gasteiger partial charge in [0, 0.05) is 12.7 Å². The first-order chi connectivity index (χ1) is 8.81. The van der Waals surface area contributed by atoms with E-state index in [0.29, 0.717) is 19.0 Å². The van der Waals surface area contributed by atoms with Gasteiger partial charge in [-0.05, 0) is 0 Å². The number of aromatic nitrogens is 6. The second-order valence-corrected chi connectivity index (χ2v) is 3.21. The van der Waals surface area contributed by atoms with Gasteiger partial charge in [0.2, 0.25) is 11.9 Å². The second kappa shape index (κ2) is 5.72. The lowest BCUT2D eigenvalue weighted by atomic mass is 10.6. The highest BCUT2D eigenvalue weighted by Crippen LogP contribution is 2.09. The molecule has 0 aliphatic carbocycles. The number of methoxy groups -OCH3 is 1. The molecule has 2 aromatic heterocycles. The van der Waals surface area contributed by atoms with Gasteiger partial charge in [0.15, 0.2) is 0 Å². The first kappa shape index (κ1) is 12.0. The third kappa shape index (κ3) is 3.01. The predicted molar refractivity (Wildman–Crippen MR) is 62.7 cm³/mol. The van der Waals surface area contributed by atoms with Crippen molar-refractivity contribution in [3.05, 3.63) is 12.4 Å². The Balaban J connectivity index is 1.95. The van der Waals surface area contributed by atoms with Gasteiger partial charge >= 0.3 is 6.01 Å². The van der Waals surface area contributed by atoms with Crippen molar-refractivity contribution in [3.8, 4) is 6.01 Å². The third-order valence-corrected chi connectivity index (χ3v) is 2.02. The zero-order valence-corrected chi connectivity index (χ0v) is 9.74. The summed E-state index contributed by atoms with van der Waals surface area (Å²) < 4.78 is 6.61. The Morgan fingerprint density at radius 3 is 2.83 bits per heavy atom. The van der Waals surface area contributed by atoms with E-state index in [1.54, 1.807) is 17.1 Å². The maximum absolute atomic E-state index is 5.24. The van der Waals surface area contributed by atoms with E-state index >= 15 is 0 Å². The lowest BCUT2D eigenvalue weighted by Gasteiger charge is -2.07. The summed E-state index contributed by atoms with van der Waals surface area (Å²) in [6, 6.07) is 0.182. The van der Waals surface area contributed by atoms with Crippen LogP contribution in [0.25, 0.3) is 0 Å². The van der Waals surface area contributed by atoms with Gasteiger partial charge in [-0.3, -0.25) is 10.1 Å². The van der Waals surface area contributed by atoms with Crippen LogP contribution in [0.5, 0.6) is 6.01 Å². The fourth-order valence-electron chi connectivity index (χ4n) is 1.23. The van der Waals surface area contributed by atoms with Gasteiger partial charge in [0.25, 0.3) is 0 Å². The van der Waals surface area contributed by atoms with Crippen LogP contribution in [-0.4, -0.2) is 43.6 Å². The molecule has 0 aromatic carbocycles. The number of ether oxygens (including phenoxy) is 1. The summed E-state index contributed by atoms with van der Waals surface area (Å²) in [6.07, 6.45) is 3.38. The molecule has 2 rings (SSSR count).